The summed E-state index contributed by atoms with van der Waals surface area (Å²) in [5.74, 6) is 0.661. The van der Waals surface area contributed by atoms with E-state index in [1.54, 1.807) is 35.5 Å². The maximum absolute atomic E-state index is 12.5. The molecule has 2 atom stereocenters. The van der Waals surface area contributed by atoms with Gasteiger partial charge in [0.15, 0.2) is 0 Å². The molecule has 2 aromatic rings. The van der Waals surface area contributed by atoms with Crippen molar-refractivity contribution in [1.29, 1.82) is 0 Å². The number of nitrogens with zero attached hydrogens (tertiary/aromatic N) is 3. The van der Waals surface area contributed by atoms with E-state index in [1.165, 1.54) is 0 Å². The van der Waals surface area contributed by atoms with Crippen molar-refractivity contribution in [2.45, 2.75) is 38.4 Å². The van der Waals surface area contributed by atoms with Crippen molar-refractivity contribution in [3.8, 4) is 5.75 Å². The second-order valence-corrected chi connectivity index (χ2v) is 5.82. The fraction of sp³-hybridized carbons (Fsp3) is 0.471. The monoisotopic (exact) mass is 331 g/mol. The lowest BCUT2D eigenvalue weighted by atomic mass is 10.1. The molecular weight excluding hydrogens is 310 g/mol. The van der Waals surface area contributed by atoms with Gasteiger partial charge in [-0.15, -0.1) is 0 Å². The predicted molar refractivity (Wildman–Crippen MR) is 85.7 cm³/mol. The Morgan fingerprint density at radius 3 is 3.00 bits per heavy atom. The third-order valence-corrected chi connectivity index (χ3v) is 4.15. The number of amides is 1. The van der Waals surface area contributed by atoms with Crippen LogP contribution >= 0.6 is 0 Å². The number of ether oxygens (including phenoxy) is 1. The molecular formula is C17H21N3O4. The van der Waals surface area contributed by atoms with Crippen LogP contribution < -0.4 is 4.74 Å². The highest BCUT2D eigenvalue weighted by molar-refractivity contribution is 5.91. The molecule has 1 fully saturated rings. The SMILES string of the molecule is CCc1cc(C(=O)N2CC[C@H](Oc3cccnc3)[C@@H](O)CC2)on1. The van der Waals surface area contributed by atoms with Crippen molar-refractivity contribution in [3.05, 3.63) is 42.0 Å². The Kier molecular flexibility index (Phi) is 5.10. The Hall–Kier alpha value is -2.41. The van der Waals surface area contributed by atoms with Crippen LogP contribution in [-0.4, -0.2) is 51.4 Å². The van der Waals surface area contributed by atoms with Crippen LogP contribution in [0.25, 0.3) is 0 Å². The first-order valence-electron chi connectivity index (χ1n) is 8.17. The zero-order chi connectivity index (χ0) is 16.9. The van der Waals surface area contributed by atoms with E-state index in [0.29, 0.717) is 31.7 Å². The summed E-state index contributed by atoms with van der Waals surface area (Å²) in [5, 5.41) is 14.2. The van der Waals surface area contributed by atoms with Crippen LogP contribution in [0.2, 0.25) is 0 Å². The topological polar surface area (TPSA) is 88.7 Å². The number of carbonyl (C=O) groups excluding carboxylic acids is 1. The van der Waals surface area contributed by atoms with Gasteiger partial charge in [0.1, 0.15) is 11.9 Å². The minimum absolute atomic E-state index is 0.198. The van der Waals surface area contributed by atoms with Gasteiger partial charge in [-0.2, -0.15) is 0 Å². The summed E-state index contributed by atoms with van der Waals surface area (Å²) in [7, 11) is 0. The summed E-state index contributed by atoms with van der Waals surface area (Å²) < 4.78 is 10.9. The average Bonchev–Trinajstić information content (AvgIpc) is 3.02. The molecule has 1 saturated heterocycles. The fourth-order valence-electron chi connectivity index (χ4n) is 2.73. The van der Waals surface area contributed by atoms with Gasteiger partial charge in [0.25, 0.3) is 5.91 Å². The van der Waals surface area contributed by atoms with E-state index in [-0.39, 0.29) is 17.8 Å². The smallest absolute Gasteiger partial charge is 0.292 e. The minimum atomic E-state index is -0.635. The van der Waals surface area contributed by atoms with Crippen LogP contribution in [0.1, 0.15) is 36.0 Å². The number of hydrogen-bond acceptors (Lipinski definition) is 6. The van der Waals surface area contributed by atoms with Gasteiger partial charge >= 0.3 is 0 Å². The van der Waals surface area contributed by atoms with Gasteiger partial charge in [0, 0.05) is 31.8 Å². The quantitative estimate of drug-likeness (QED) is 0.917. The Morgan fingerprint density at radius 2 is 2.29 bits per heavy atom. The third kappa shape index (κ3) is 3.73. The normalized spacial score (nSPS) is 21.3. The predicted octanol–water partition coefficient (Wildman–Crippen LogP) is 1.68. The lowest BCUT2D eigenvalue weighted by molar-refractivity contribution is 0.0348. The largest absolute Gasteiger partial charge is 0.486 e. The first-order valence-corrected chi connectivity index (χ1v) is 8.17. The van der Waals surface area contributed by atoms with E-state index in [2.05, 4.69) is 10.1 Å². The van der Waals surface area contributed by atoms with Crippen LogP contribution in [0.3, 0.4) is 0 Å². The van der Waals surface area contributed by atoms with Crippen molar-refractivity contribution in [2.75, 3.05) is 13.1 Å². The van der Waals surface area contributed by atoms with E-state index in [4.69, 9.17) is 9.26 Å². The number of aliphatic hydroxyl groups is 1. The van der Waals surface area contributed by atoms with Gasteiger partial charge in [0.2, 0.25) is 5.76 Å². The molecule has 0 saturated carbocycles. The molecule has 2 aromatic heterocycles. The summed E-state index contributed by atoms with van der Waals surface area (Å²) in [6.07, 6.45) is 3.98. The summed E-state index contributed by atoms with van der Waals surface area (Å²) in [6.45, 7) is 2.90. The van der Waals surface area contributed by atoms with E-state index < -0.39 is 6.10 Å². The zero-order valence-corrected chi connectivity index (χ0v) is 13.6. The molecule has 7 heteroatoms. The summed E-state index contributed by atoms with van der Waals surface area (Å²) in [4.78, 5) is 18.2. The van der Waals surface area contributed by atoms with Crippen LogP contribution in [-0.2, 0) is 6.42 Å². The summed E-state index contributed by atoms with van der Waals surface area (Å²) >= 11 is 0. The highest BCUT2D eigenvalue weighted by Gasteiger charge is 2.30. The molecule has 7 nitrogen and oxygen atoms in total. The summed E-state index contributed by atoms with van der Waals surface area (Å²) in [5.41, 5.74) is 0.756. The highest BCUT2D eigenvalue weighted by atomic mass is 16.5. The molecule has 1 aliphatic heterocycles. The van der Waals surface area contributed by atoms with Crippen molar-refractivity contribution < 1.29 is 19.2 Å². The van der Waals surface area contributed by atoms with E-state index in [9.17, 15) is 9.90 Å². The fourth-order valence-corrected chi connectivity index (χ4v) is 2.73. The molecule has 0 bridgehead atoms. The zero-order valence-electron chi connectivity index (χ0n) is 13.6. The number of aryl methyl sites for hydroxylation is 1. The number of aromatic nitrogens is 2. The molecule has 0 unspecified atom stereocenters. The molecule has 0 spiro atoms. The number of rotatable bonds is 4. The average molecular weight is 331 g/mol. The van der Waals surface area contributed by atoms with Gasteiger partial charge < -0.3 is 19.3 Å². The molecule has 128 valence electrons. The van der Waals surface area contributed by atoms with Gasteiger partial charge in [-0.1, -0.05) is 12.1 Å². The second-order valence-electron chi connectivity index (χ2n) is 5.82. The number of likely N-dealkylation sites (tertiary alicyclic amines) is 1. The van der Waals surface area contributed by atoms with Crippen molar-refractivity contribution in [2.24, 2.45) is 0 Å². The standard InChI is InChI=1S/C17H21N3O4/c1-2-12-10-16(24-19-12)17(22)20-8-5-14(21)15(6-9-20)23-13-4-3-7-18-11-13/h3-4,7,10-11,14-15,21H,2,5-6,8-9H2,1H3/t14-,15-/m0/s1. The maximum Gasteiger partial charge on any atom is 0.292 e. The van der Waals surface area contributed by atoms with Crippen molar-refractivity contribution >= 4 is 5.91 Å². The van der Waals surface area contributed by atoms with Crippen LogP contribution in [0.15, 0.2) is 35.1 Å². The molecule has 24 heavy (non-hydrogen) atoms. The Labute approximate surface area is 140 Å². The highest BCUT2D eigenvalue weighted by Crippen LogP contribution is 2.20. The molecule has 1 N–H and O–H groups in total. The molecule has 0 radical (unpaired) electrons. The van der Waals surface area contributed by atoms with Crippen molar-refractivity contribution in [1.82, 2.24) is 15.0 Å². The Bertz CT molecular complexity index is 673. The molecule has 1 amide bonds. The minimum Gasteiger partial charge on any atom is -0.486 e. The van der Waals surface area contributed by atoms with Crippen LogP contribution in [0.4, 0.5) is 0 Å². The number of pyridine rings is 1. The third-order valence-electron chi connectivity index (χ3n) is 4.15. The van der Waals surface area contributed by atoms with Gasteiger partial charge in [0.05, 0.1) is 18.0 Å². The first-order chi connectivity index (χ1) is 11.7. The lowest BCUT2D eigenvalue weighted by Crippen LogP contribution is -2.32. The van der Waals surface area contributed by atoms with Crippen LogP contribution in [0, 0.1) is 0 Å². The van der Waals surface area contributed by atoms with Gasteiger partial charge in [-0.05, 0) is 25.0 Å². The summed E-state index contributed by atoms with van der Waals surface area (Å²) in [6, 6.07) is 5.26. The number of carbonyl (C=O) groups is 1. The van der Waals surface area contributed by atoms with E-state index in [0.717, 1.165) is 12.1 Å². The number of hydrogen-bond donors (Lipinski definition) is 1. The Morgan fingerprint density at radius 1 is 1.46 bits per heavy atom. The second kappa shape index (κ2) is 7.44. The van der Waals surface area contributed by atoms with Crippen molar-refractivity contribution in [3.63, 3.8) is 0 Å². The molecule has 3 heterocycles. The maximum atomic E-state index is 12.5. The van der Waals surface area contributed by atoms with E-state index >= 15 is 0 Å². The Balaban J connectivity index is 1.64. The molecule has 0 aromatic carbocycles. The molecule has 3 rings (SSSR count). The molecule has 1 aliphatic rings. The lowest BCUT2D eigenvalue weighted by Gasteiger charge is -2.21. The van der Waals surface area contributed by atoms with Crippen LogP contribution in [0.5, 0.6) is 5.75 Å². The van der Waals surface area contributed by atoms with Gasteiger partial charge in [-0.25, -0.2) is 0 Å². The molecule has 0 aliphatic carbocycles. The van der Waals surface area contributed by atoms with Gasteiger partial charge in [-0.3, -0.25) is 9.78 Å². The number of aliphatic hydroxyl groups excluding tert-OH is 1. The first kappa shape index (κ1) is 16.4. The van der Waals surface area contributed by atoms with E-state index in [1.807, 2.05) is 6.92 Å².